The Labute approximate surface area is 155 Å². The number of para-hydroxylation sites is 1. The lowest BCUT2D eigenvalue weighted by molar-refractivity contribution is -0.119. The first-order valence-corrected chi connectivity index (χ1v) is 8.68. The number of aryl methyl sites for hydroxylation is 4. The number of carbonyl (C=O) groups excluding carboxylic acids is 2. The zero-order valence-electron chi connectivity index (χ0n) is 16.1. The third-order valence-electron chi connectivity index (χ3n) is 4.19. The van der Waals surface area contributed by atoms with E-state index in [9.17, 15) is 9.59 Å². The summed E-state index contributed by atoms with van der Waals surface area (Å²) in [4.78, 5) is 26.2. The molecule has 0 aromatic heterocycles. The Hall–Kier alpha value is -2.66. The minimum atomic E-state index is -0.141. The maximum atomic E-state index is 12.3. The molecule has 0 heterocycles. The molecular weight excluding hydrogens is 326 g/mol. The summed E-state index contributed by atoms with van der Waals surface area (Å²) in [7, 11) is 1.76. The minimum Gasteiger partial charge on any atom is -0.325 e. The summed E-state index contributed by atoms with van der Waals surface area (Å²) in [5.41, 5.74) is 5.89. The van der Waals surface area contributed by atoms with Crippen LogP contribution in [0.1, 0.15) is 22.3 Å². The summed E-state index contributed by atoms with van der Waals surface area (Å²) >= 11 is 0. The first kappa shape index (κ1) is 19.7. The molecule has 26 heavy (non-hydrogen) atoms. The number of amides is 2. The molecule has 0 aliphatic rings. The SMILES string of the molecule is Cc1cc(C)c(NC(=O)CN(C)CC(=O)Nc2ccccc2C)c(C)c1. The summed E-state index contributed by atoms with van der Waals surface area (Å²) in [5, 5.41) is 5.83. The van der Waals surface area contributed by atoms with Crippen molar-refractivity contribution in [1.29, 1.82) is 0 Å². The number of hydrogen-bond donors (Lipinski definition) is 2. The Morgan fingerprint density at radius 1 is 0.846 bits per heavy atom. The highest BCUT2D eigenvalue weighted by molar-refractivity contribution is 5.95. The van der Waals surface area contributed by atoms with Crippen LogP contribution in [0.5, 0.6) is 0 Å². The maximum Gasteiger partial charge on any atom is 0.238 e. The summed E-state index contributed by atoms with van der Waals surface area (Å²) < 4.78 is 0. The van der Waals surface area contributed by atoms with Crippen molar-refractivity contribution in [1.82, 2.24) is 4.90 Å². The van der Waals surface area contributed by atoms with Gasteiger partial charge in [-0.05, 0) is 57.5 Å². The van der Waals surface area contributed by atoms with Crippen LogP contribution in [0.2, 0.25) is 0 Å². The zero-order valence-corrected chi connectivity index (χ0v) is 16.1. The van der Waals surface area contributed by atoms with Gasteiger partial charge in [-0.15, -0.1) is 0 Å². The Bertz CT molecular complexity index is 792. The van der Waals surface area contributed by atoms with Gasteiger partial charge >= 0.3 is 0 Å². The lowest BCUT2D eigenvalue weighted by atomic mass is 10.1. The van der Waals surface area contributed by atoms with E-state index >= 15 is 0 Å². The molecule has 0 saturated carbocycles. The summed E-state index contributed by atoms with van der Waals surface area (Å²) in [6.45, 7) is 8.23. The highest BCUT2D eigenvalue weighted by Gasteiger charge is 2.13. The van der Waals surface area contributed by atoms with E-state index in [2.05, 4.69) is 10.6 Å². The molecule has 0 atom stereocenters. The van der Waals surface area contributed by atoms with Crippen molar-refractivity contribution in [2.24, 2.45) is 0 Å². The predicted molar refractivity (Wildman–Crippen MR) is 107 cm³/mol. The number of likely N-dealkylation sites (N-methyl/N-ethyl adjacent to an activating group) is 1. The van der Waals surface area contributed by atoms with E-state index in [1.54, 1.807) is 11.9 Å². The van der Waals surface area contributed by atoms with Gasteiger partial charge in [-0.25, -0.2) is 0 Å². The molecule has 2 N–H and O–H groups in total. The molecule has 0 fully saturated rings. The third kappa shape index (κ3) is 5.43. The van der Waals surface area contributed by atoms with E-state index in [1.165, 1.54) is 5.56 Å². The van der Waals surface area contributed by atoms with Crippen LogP contribution in [0.15, 0.2) is 36.4 Å². The molecule has 2 aromatic rings. The van der Waals surface area contributed by atoms with Crippen LogP contribution >= 0.6 is 0 Å². The average Bonchev–Trinajstić information content (AvgIpc) is 2.52. The van der Waals surface area contributed by atoms with Crippen LogP contribution in [-0.4, -0.2) is 36.9 Å². The first-order chi connectivity index (χ1) is 12.3. The van der Waals surface area contributed by atoms with Crippen molar-refractivity contribution in [2.45, 2.75) is 27.7 Å². The first-order valence-electron chi connectivity index (χ1n) is 8.68. The Morgan fingerprint density at radius 2 is 1.38 bits per heavy atom. The average molecular weight is 353 g/mol. The van der Waals surface area contributed by atoms with Crippen molar-refractivity contribution >= 4 is 23.2 Å². The van der Waals surface area contributed by atoms with Crippen molar-refractivity contribution in [3.8, 4) is 0 Å². The van der Waals surface area contributed by atoms with E-state index in [4.69, 9.17) is 0 Å². The molecule has 5 heteroatoms. The monoisotopic (exact) mass is 353 g/mol. The van der Waals surface area contributed by atoms with Crippen molar-refractivity contribution < 1.29 is 9.59 Å². The summed E-state index contributed by atoms with van der Waals surface area (Å²) in [6.07, 6.45) is 0. The van der Waals surface area contributed by atoms with Crippen LogP contribution in [0.4, 0.5) is 11.4 Å². The number of nitrogens with one attached hydrogen (secondary N) is 2. The molecule has 0 aliphatic heterocycles. The smallest absolute Gasteiger partial charge is 0.238 e. The van der Waals surface area contributed by atoms with Gasteiger partial charge in [-0.1, -0.05) is 35.9 Å². The molecule has 0 saturated heterocycles. The zero-order chi connectivity index (χ0) is 19.3. The van der Waals surface area contributed by atoms with E-state index in [0.717, 1.165) is 28.1 Å². The Balaban J connectivity index is 1.89. The number of carbonyl (C=O) groups is 2. The van der Waals surface area contributed by atoms with Crippen LogP contribution in [-0.2, 0) is 9.59 Å². The van der Waals surface area contributed by atoms with Gasteiger partial charge in [0.2, 0.25) is 11.8 Å². The van der Waals surface area contributed by atoms with Gasteiger partial charge in [-0.2, -0.15) is 0 Å². The second-order valence-electron chi connectivity index (χ2n) is 6.86. The number of anilines is 2. The standard InChI is InChI=1S/C21H27N3O2/c1-14-10-16(3)21(17(4)11-14)23-20(26)13-24(5)12-19(25)22-18-9-7-6-8-15(18)2/h6-11H,12-13H2,1-5H3,(H,22,25)(H,23,26). The highest BCUT2D eigenvalue weighted by Crippen LogP contribution is 2.21. The van der Waals surface area contributed by atoms with Crippen LogP contribution in [0, 0.1) is 27.7 Å². The minimum absolute atomic E-state index is 0.133. The van der Waals surface area contributed by atoms with Gasteiger partial charge in [0.25, 0.3) is 0 Å². The molecule has 2 aromatic carbocycles. The molecule has 0 aliphatic carbocycles. The number of hydrogen-bond acceptors (Lipinski definition) is 3. The fourth-order valence-corrected chi connectivity index (χ4v) is 3.01. The van der Waals surface area contributed by atoms with Gasteiger partial charge in [0, 0.05) is 11.4 Å². The number of rotatable bonds is 6. The molecule has 5 nitrogen and oxygen atoms in total. The van der Waals surface area contributed by atoms with Gasteiger partial charge < -0.3 is 10.6 Å². The highest BCUT2D eigenvalue weighted by atomic mass is 16.2. The topological polar surface area (TPSA) is 61.4 Å². The third-order valence-corrected chi connectivity index (χ3v) is 4.19. The molecule has 2 amide bonds. The van der Waals surface area contributed by atoms with E-state index in [-0.39, 0.29) is 24.9 Å². The van der Waals surface area contributed by atoms with Gasteiger partial charge in [0.15, 0.2) is 0 Å². The van der Waals surface area contributed by atoms with Crippen molar-refractivity contribution in [3.63, 3.8) is 0 Å². The fraction of sp³-hybridized carbons (Fsp3) is 0.333. The Kier molecular flexibility index (Phi) is 6.52. The second kappa shape index (κ2) is 8.63. The number of benzene rings is 2. The predicted octanol–water partition coefficient (Wildman–Crippen LogP) is 3.43. The molecular formula is C21H27N3O2. The molecule has 138 valence electrons. The van der Waals surface area contributed by atoms with Gasteiger partial charge in [0.1, 0.15) is 0 Å². The molecule has 2 rings (SSSR count). The van der Waals surface area contributed by atoms with Crippen molar-refractivity contribution in [2.75, 3.05) is 30.8 Å². The quantitative estimate of drug-likeness (QED) is 0.836. The van der Waals surface area contributed by atoms with E-state index in [1.807, 2.05) is 64.1 Å². The second-order valence-corrected chi connectivity index (χ2v) is 6.86. The molecule has 0 radical (unpaired) electrons. The lowest BCUT2D eigenvalue weighted by Crippen LogP contribution is -2.36. The maximum absolute atomic E-state index is 12.3. The Morgan fingerprint density at radius 3 is 1.96 bits per heavy atom. The van der Waals surface area contributed by atoms with Crippen LogP contribution < -0.4 is 10.6 Å². The molecule has 0 bridgehead atoms. The van der Waals surface area contributed by atoms with E-state index < -0.39 is 0 Å². The molecule has 0 spiro atoms. The van der Waals surface area contributed by atoms with Crippen LogP contribution in [0.25, 0.3) is 0 Å². The van der Waals surface area contributed by atoms with Crippen LogP contribution in [0.3, 0.4) is 0 Å². The molecule has 0 unspecified atom stereocenters. The normalized spacial score (nSPS) is 10.7. The number of nitrogens with zero attached hydrogens (tertiary/aromatic N) is 1. The van der Waals surface area contributed by atoms with Gasteiger partial charge in [0.05, 0.1) is 13.1 Å². The van der Waals surface area contributed by atoms with E-state index in [0.29, 0.717) is 0 Å². The lowest BCUT2D eigenvalue weighted by Gasteiger charge is -2.18. The summed E-state index contributed by atoms with van der Waals surface area (Å²) in [5.74, 6) is -0.274. The van der Waals surface area contributed by atoms with Crippen molar-refractivity contribution in [3.05, 3.63) is 58.7 Å². The fourth-order valence-electron chi connectivity index (χ4n) is 3.01. The largest absolute Gasteiger partial charge is 0.325 e. The summed E-state index contributed by atoms with van der Waals surface area (Å²) in [6, 6.07) is 11.7. The van der Waals surface area contributed by atoms with Gasteiger partial charge in [-0.3, -0.25) is 14.5 Å².